The molecule has 8 heteroatoms. The van der Waals surface area contributed by atoms with Gasteiger partial charge in [-0.25, -0.2) is 0 Å². The second kappa shape index (κ2) is 4.54. The van der Waals surface area contributed by atoms with E-state index in [1.807, 2.05) is 0 Å². The second-order valence-corrected chi connectivity index (χ2v) is 3.63. The van der Waals surface area contributed by atoms with Gasteiger partial charge in [-0.1, -0.05) is 0 Å². The highest BCUT2D eigenvalue weighted by Crippen LogP contribution is 2.34. The van der Waals surface area contributed by atoms with Gasteiger partial charge in [0.1, 0.15) is 0 Å². The molecule has 2 N–H and O–H groups in total. The number of hydrogen-bond acceptors (Lipinski definition) is 5. The number of carbonyl (C=O) groups is 1. The van der Waals surface area contributed by atoms with E-state index in [9.17, 15) is 14.6 Å². The van der Waals surface area contributed by atoms with E-state index in [1.54, 1.807) is 0 Å². The van der Waals surface area contributed by atoms with Crippen LogP contribution in [0.2, 0.25) is 0 Å². The quantitative estimate of drug-likeness (QED) is 0.342. The fourth-order valence-electron chi connectivity index (χ4n) is 0.464. The maximum atomic E-state index is 10.6. The van der Waals surface area contributed by atoms with Crippen molar-refractivity contribution in [2.24, 2.45) is 0 Å². The summed E-state index contributed by atoms with van der Waals surface area (Å²) in [7, 11) is -3.31. The van der Waals surface area contributed by atoms with Gasteiger partial charge in [-0.15, -0.1) is 0 Å². The zero-order valence-corrected chi connectivity index (χ0v) is 7.23. The third-order valence-electron chi connectivity index (χ3n) is 0.875. The molecule has 0 amide bonds. The lowest BCUT2D eigenvalue weighted by molar-refractivity contribution is -0.141. The summed E-state index contributed by atoms with van der Waals surface area (Å²) in [6.45, 7) is -0.679. The first kappa shape index (κ1) is 11.5. The molecule has 0 aliphatic rings. The zero-order valence-electron chi connectivity index (χ0n) is 6.34. The van der Waals surface area contributed by atoms with Crippen LogP contribution in [0.4, 0.5) is 0 Å². The summed E-state index contributed by atoms with van der Waals surface area (Å²) in [6.07, 6.45) is -0.998. The van der Waals surface area contributed by atoms with Crippen molar-refractivity contribution < 1.29 is 23.9 Å². The van der Waals surface area contributed by atoms with Crippen LogP contribution in [0.1, 0.15) is 0 Å². The zero-order chi connectivity index (χ0) is 9.78. The van der Waals surface area contributed by atoms with Crippen molar-refractivity contribution in [1.29, 1.82) is 0 Å². The lowest BCUT2D eigenvalue weighted by atomic mass is 10.6. The minimum atomic E-state index is -4.38. The maximum Gasteiger partial charge on any atom is 0.338 e. The first-order valence-electron chi connectivity index (χ1n) is 2.88. The summed E-state index contributed by atoms with van der Waals surface area (Å²) in [4.78, 5) is 27.0. The lowest BCUT2D eigenvalue weighted by Gasteiger charge is -2.26. The summed E-state index contributed by atoms with van der Waals surface area (Å²) in [5.74, 6) is -0.835. The van der Waals surface area contributed by atoms with Crippen LogP contribution in [0, 0.1) is 5.21 Å². The summed E-state index contributed by atoms with van der Waals surface area (Å²) in [6, 6.07) is 0. The van der Waals surface area contributed by atoms with E-state index in [2.05, 4.69) is 4.74 Å². The Hall–Kier alpha value is -0.460. The topological polar surface area (TPSA) is 110 Å². The number of rotatable bonds is 4. The largest absolute Gasteiger partial charge is 0.784 e. The van der Waals surface area contributed by atoms with Crippen molar-refractivity contribution in [2.45, 2.75) is 0 Å². The van der Waals surface area contributed by atoms with Crippen LogP contribution in [0.5, 0.6) is 0 Å². The predicted molar refractivity (Wildman–Crippen MR) is 39.0 cm³/mol. The number of carbonyl (C=O) groups excluding carboxylic acids is 1. The van der Waals surface area contributed by atoms with Gasteiger partial charge in [-0.05, 0) is 0 Å². The number of methoxy groups -OCH3 is 1. The fraction of sp³-hybridized carbons (Fsp3) is 0.750. The molecule has 72 valence electrons. The van der Waals surface area contributed by atoms with E-state index < -0.39 is 26.4 Å². The molecule has 0 saturated carbocycles. The maximum absolute atomic E-state index is 10.6. The van der Waals surface area contributed by atoms with Gasteiger partial charge in [0.25, 0.3) is 0 Å². The van der Waals surface area contributed by atoms with E-state index in [1.165, 1.54) is 0 Å². The third kappa shape index (κ3) is 6.26. The third-order valence-corrected chi connectivity index (χ3v) is 1.56. The van der Waals surface area contributed by atoms with Gasteiger partial charge in [0.2, 0.25) is 0 Å². The highest BCUT2D eigenvalue weighted by molar-refractivity contribution is 7.51. The summed E-state index contributed by atoms with van der Waals surface area (Å²) in [5.41, 5.74) is 0. The number of hydrogen-bond donors (Lipinski definition) is 2. The molecular formula is C4H9NO6P-. The highest BCUT2D eigenvalue weighted by Gasteiger charge is 2.14. The van der Waals surface area contributed by atoms with Crippen molar-refractivity contribution in [3.05, 3.63) is 5.21 Å². The Morgan fingerprint density at radius 1 is 1.67 bits per heavy atom. The smallest absolute Gasteiger partial charge is 0.338 e. The van der Waals surface area contributed by atoms with Gasteiger partial charge in [-0.2, -0.15) is 0 Å². The molecule has 12 heavy (non-hydrogen) atoms. The van der Waals surface area contributed by atoms with Crippen molar-refractivity contribution >= 4 is 13.6 Å². The van der Waals surface area contributed by atoms with Gasteiger partial charge in [0.15, 0.2) is 0 Å². The predicted octanol–water partition coefficient (Wildman–Crippen LogP) is -0.906. The standard InChI is InChI=1S/C4H9NO6P/c1-11-4(6)2-5(7)3-12(8,9)10/h2-3H2,1H3,(H2,8,9,10)/q-1. The molecule has 0 unspecified atom stereocenters. The van der Waals surface area contributed by atoms with E-state index in [0.29, 0.717) is 0 Å². The van der Waals surface area contributed by atoms with Crippen LogP contribution in [0.3, 0.4) is 0 Å². The molecule has 0 atom stereocenters. The summed E-state index contributed by atoms with van der Waals surface area (Å²) < 4.78 is 14.3. The van der Waals surface area contributed by atoms with E-state index >= 15 is 0 Å². The fourth-order valence-corrected chi connectivity index (χ4v) is 0.975. The molecule has 0 saturated heterocycles. The molecule has 0 aliphatic carbocycles. The van der Waals surface area contributed by atoms with Crippen LogP contribution < -0.4 is 0 Å². The first-order valence-corrected chi connectivity index (χ1v) is 4.68. The van der Waals surface area contributed by atoms with Crippen molar-refractivity contribution in [2.75, 3.05) is 19.9 Å². The summed E-state index contributed by atoms with van der Waals surface area (Å²) >= 11 is 0. The van der Waals surface area contributed by atoms with E-state index in [4.69, 9.17) is 9.79 Å². The van der Waals surface area contributed by atoms with Crippen LogP contribution in [0.15, 0.2) is 0 Å². The highest BCUT2D eigenvalue weighted by atomic mass is 31.2. The minimum Gasteiger partial charge on any atom is -0.784 e. The summed E-state index contributed by atoms with van der Waals surface area (Å²) in [5, 5.41) is 10.5. The van der Waals surface area contributed by atoms with Crippen LogP contribution in [-0.4, -0.2) is 40.8 Å². The van der Waals surface area contributed by atoms with Crippen molar-refractivity contribution in [3.8, 4) is 0 Å². The monoisotopic (exact) mass is 198 g/mol. The normalized spacial score (nSPS) is 11.8. The molecule has 0 radical (unpaired) electrons. The van der Waals surface area contributed by atoms with E-state index in [0.717, 1.165) is 7.11 Å². The molecule has 0 aromatic heterocycles. The Kier molecular flexibility index (Phi) is 4.36. The van der Waals surface area contributed by atoms with Gasteiger partial charge in [0, 0.05) is 0 Å². The molecule has 0 heterocycles. The SMILES string of the molecule is COC(=O)CN([O-])CP(=O)(O)O. The Balaban J connectivity index is 3.82. The van der Waals surface area contributed by atoms with Gasteiger partial charge < -0.3 is 24.8 Å². The van der Waals surface area contributed by atoms with Gasteiger partial charge in [-0.3, -0.25) is 9.36 Å². The van der Waals surface area contributed by atoms with Crippen LogP contribution in [0.25, 0.3) is 0 Å². The number of hydroxylamine groups is 2. The molecule has 0 aliphatic heterocycles. The van der Waals surface area contributed by atoms with E-state index in [-0.39, 0.29) is 5.06 Å². The van der Waals surface area contributed by atoms with Crippen molar-refractivity contribution in [1.82, 2.24) is 5.06 Å². The Morgan fingerprint density at radius 3 is 2.50 bits per heavy atom. The average molecular weight is 198 g/mol. The molecular weight excluding hydrogens is 189 g/mol. The Labute approximate surface area is 68.7 Å². The van der Waals surface area contributed by atoms with Gasteiger partial charge in [0.05, 0.1) is 19.9 Å². The lowest BCUT2D eigenvalue weighted by Crippen LogP contribution is -2.26. The van der Waals surface area contributed by atoms with Crippen molar-refractivity contribution in [3.63, 3.8) is 0 Å². The molecule has 0 aromatic rings. The van der Waals surface area contributed by atoms with Gasteiger partial charge >= 0.3 is 13.6 Å². The Bertz CT molecular complexity index is 200. The second-order valence-electron chi connectivity index (χ2n) is 2.02. The molecule has 0 rings (SSSR count). The molecule has 0 aromatic carbocycles. The van der Waals surface area contributed by atoms with Crippen LogP contribution in [-0.2, 0) is 14.1 Å². The van der Waals surface area contributed by atoms with Crippen LogP contribution >= 0.6 is 7.60 Å². The molecule has 0 fully saturated rings. The molecule has 0 bridgehead atoms. The minimum absolute atomic E-state index is 0.0490. The number of nitrogens with zero attached hydrogens (tertiary/aromatic N) is 1. The number of ether oxygens (including phenoxy) is 1. The first-order chi connectivity index (χ1) is 5.35. The number of esters is 1. The molecule has 7 nitrogen and oxygen atoms in total. The Morgan fingerprint density at radius 2 is 2.17 bits per heavy atom. The molecule has 0 spiro atoms. The average Bonchev–Trinajstić information content (AvgIpc) is 1.82.